The topological polar surface area (TPSA) is 66.7 Å². The Labute approximate surface area is 152 Å². The van der Waals surface area contributed by atoms with Crippen molar-refractivity contribution in [1.82, 2.24) is 14.6 Å². The average molecular weight is 350 g/mol. The van der Waals surface area contributed by atoms with Crippen LogP contribution in [0.3, 0.4) is 0 Å². The predicted molar refractivity (Wildman–Crippen MR) is 102 cm³/mol. The van der Waals surface area contributed by atoms with Crippen molar-refractivity contribution in [2.45, 2.75) is 18.9 Å². The lowest BCUT2D eigenvalue weighted by Crippen LogP contribution is -2.36. The number of hydrogen-bond donors (Lipinski definition) is 2. The zero-order valence-electron chi connectivity index (χ0n) is 14.6. The first-order chi connectivity index (χ1) is 12.8. The molecule has 2 fully saturated rings. The predicted octanol–water partition coefficient (Wildman–Crippen LogP) is 2.88. The summed E-state index contributed by atoms with van der Waals surface area (Å²) in [7, 11) is 0. The Kier molecular flexibility index (Phi) is 3.86. The molecule has 0 spiro atoms. The monoisotopic (exact) mass is 350 g/mol. The summed E-state index contributed by atoms with van der Waals surface area (Å²) < 4.78 is 7.27. The minimum Gasteiger partial charge on any atom is -0.378 e. The summed E-state index contributed by atoms with van der Waals surface area (Å²) in [5.41, 5.74) is 3.09. The van der Waals surface area contributed by atoms with E-state index in [1.807, 2.05) is 16.6 Å². The molecular weight excluding hydrogens is 328 g/mol. The van der Waals surface area contributed by atoms with Crippen molar-refractivity contribution in [2.75, 3.05) is 41.8 Å². The van der Waals surface area contributed by atoms with Crippen LogP contribution in [0.25, 0.3) is 5.65 Å². The highest BCUT2D eigenvalue weighted by Gasteiger charge is 2.22. The van der Waals surface area contributed by atoms with E-state index in [9.17, 15) is 0 Å². The van der Waals surface area contributed by atoms with Gasteiger partial charge in [-0.15, -0.1) is 0 Å². The van der Waals surface area contributed by atoms with Gasteiger partial charge in [0.1, 0.15) is 11.6 Å². The number of morpholine rings is 1. The SMILES string of the molecule is c1cc2nc(Nc3ccc(N4CCOCC4)cc3)cc(NC3CC3)n2n1. The van der Waals surface area contributed by atoms with Crippen LogP contribution in [0.1, 0.15) is 12.8 Å². The summed E-state index contributed by atoms with van der Waals surface area (Å²) in [5, 5.41) is 11.3. The number of benzene rings is 1. The van der Waals surface area contributed by atoms with Crippen LogP contribution < -0.4 is 15.5 Å². The quantitative estimate of drug-likeness (QED) is 0.738. The standard InChI is InChI=1S/C19H22N6O/c1-2-15(1)22-19-13-17(23-18-7-8-20-25(18)19)21-14-3-5-16(6-4-14)24-9-11-26-12-10-24/h3-8,13,15,22H,1-2,9-12H2,(H,21,23). The van der Waals surface area contributed by atoms with E-state index in [0.29, 0.717) is 6.04 Å². The minimum absolute atomic E-state index is 0.561. The summed E-state index contributed by atoms with van der Waals surface area (Å²) in [5.74, 6) is 1.80. The zero-order valence-corrected chi connectivity index (χ0v) is 14.6. The Bertz CT molecular complexity index is 896. The van der Waals surface area contributed by atoms with Gasteiger partial charge < -0.3 is 20.3 Å². The molecule has 134 valence electrons. The molecule has 0 atom stereocenters. The number of rotatable bonds is 5. The van der Waals surface area contributed by atoms with E-state index in [1.54, 1.807) is 6.20 Å². The van der Waals surface area contributed by atoms with Crippen LogP contribution in [0.5, 0.6) is 0 Å². The third kappa shape index (κ3) is 3.17. The molecule has 1 aliphatic heterocycles. The minimum atomic E-state index is 0.561. The first-order valence-electron chi connectivity index (χ1n) is 9.16. The van der Waals surface area contributed by atoms with Crippen molar-refractivity contribution in [3.8, 4) is 0 Å². The lowest BCUT2D eigenvalue weighted by Gasteiger charge is -2.28. The highest BCUT2D eigenvalue weighted by molar-refractivity contribution is 5.65. The third-order valence-electron chi connectivity index (χ3n) is 4.80. The number of hydrogen-bond acceptors (Lipinski definition) is 6. The molecule has 2 aromatic heterocycles. The smallest absolute Gasteiger partial charge is 0.159 e. The first-order valence-corrected chi connectivity index (χ1v) is 9.16. The molecule has 26 heavy (non-hydrogen) atoms. The van der Waals surface area contributed by atoms with Gasteiger partial charge in [0, 0.05) is 42.6 Å². The van der Waals surface area contributed by atoms with Gasteiger partial charge in [-0.2, -0.15) is 9.61 Å². The highest BCUT2D eigenvalue weighted by Crippen LogP contribution is 2.27. The maximum absolute atomic E-state index is 5.42. The first kappa shape index (κ1) is 15.5. The van der Waals surface area contributed by atoms with E-state index < -0.39 is 0 Å². The molecule has 0 amide bonds. The van der Waals surface area contributed by atoms with Crippen LogP contribution in [0.4, 0.5) is 23.0 Å². The van der Waals surface area contributed by atoms with Crippen LogP contribution in [-0.2, 0) is 4.74 Å². The van der Waals surface area contributed by atoms with E-state index in [4.69, 9.17) is 4.74 Å². The molecule has 1 aliphatic carbocycles. The van der Waals surface area contributed by atoms with Gasteiger partial charge in [0.25, 0.3) is 0 Å². The van der Waals surface area contributed by atoms with Crippen molar-refractivity contribution >= 4 is 28.7 Å². The summed E-state index contributed by atoms with van der Waals surface area (Å²) in [6, 6.07) is 13.0. The Hall–Kier alpha value is -2.80. The Balaban J connectivity index is 1.36. The van der Waals surface area contributed by atoms with Crippen molar-refractivity contribution in [3.63, 3.8) is 0 Å². The number of fused-ring (bicyclic) bond motifs is 1. The number of nitrogens with one attached hydrogen (secondary N) is 2. The van der Waals surface area contributed by atoms with E-state index in [2.05, 4.69) is 49.9 Å². The van der Waals surface area contributed by atoms with Gasteiger partial charge in [-0.3, -0.25) is 0 Å². The maximum Gasteiger partial charge on any atom is 0.159 e. The lowest BCUT2D eigenvalue weighted by molar-refractivity contribution is 0.122. The lowest BCUT2D eigenvalue weighted by atomic mass is 10.2. The fourth-order valence-electron chi connectivity index (χ4n) is 3.24. The third-order valence-corrected chi connectivity index (χ3v) is 4.80. The summed E-state index contributed by atoms with van der Waals surface area (Å²) >= 11 is 0. The molecule has 7 nitrogen and oxygen atoms in total. The van der Waals surface area contributed by atoms with Crippen LogP contribution in [0.15, 0.2) is 42.6 Å². The van der Waals surface area contributed by atoms with Gasteiger partial charge in [-0.05, 0) is 37.1 Å². The Morgan fingerprint density at radius 3 is 2.62 bits per heavy atom. The van der Waals surface area contributed by atoms with Gasteiger partial charge in [-0.25, -0.2) is 4.98 Å². The number of anilines is 4. The van der Waals surface area contributed by atoms with Gasteiger partial charge in [0.15, 0.2) is 5.65 Å². The molecule has 1 aromatic carbocycles. The Morgan fingerprint density at radius 1 is 1.04 bits per heavy atom. The summed E-state index contributed by atoms with van der Waals surface area (Å²) in [6.45, 7) is 3.49. The fraction of sp³-hybridized carbons (Fsp3) is 0.368. The summed E-state index contributed by atoms with van der Waals surface area (Å²) in [4.78, 5) is 7.00. The number of aromatic nitrogens is 3. The maximum atomic E-state index is 5.42. The van der Waals surface area contributed by atoms with Gasteiger partial charge in [0.05, 0.1) is 19.4 Å². The second-order valence-corrected chi connectivity index (χ2v) is 6.82. The second-order valence-electron chi connectivity index (χ2n) is 6.82. The molecule has 1 saturated heterocycles. The molecule has 0 radical (unpaired) electrons. The summed E-state index contributed by atoms with van der Waals surface area (Å²) in [6.07, 6.45) is 4.22. The van der Waals surface area contributed by atoms with E-state index in [1.165, 1.54) is 18.5 Å². The number of ether oxygens (including phenoxy) is 1. The molecule has 5 rings (SSSR count). The van der Waals surface area contributed by atoms with Gasteiger partial charge >= 0.3 is 0 Å². The van der Waals surface area contributed by atoms with Crippen molar-refractivity contribution < 1.29 is 4.74 Å². The molecular formula is C19H22N6O. The second kappa shape index (κ2) is 6.49. The molecule has 2 aliphatic rings. The molecule has 2 N–H and O–H groups in total. The largest absolute Gasteiger partial charge is 0.378 e. The van der Waals surface area contributed by atoms with Crippen LogP contribution >= 0.6 is 0 Å². The van der Waals surface area contributed by atoms with Gasteiger partial charge in [-0.1, -0.05) is 0 Å². The normalized spacial score (nSPS) is 17.5. The van der Waals surface area contributed by atoms with E-state index >= 15 is 0 Å². The van der Waals surface area contributed by atoms with Crippen molar-refractivity contribution in [3.05, 3.63) is 42.6 Å². The average Bonchev–Trinajstić information content (AvgIpc) is 3.37. The number of nitrogens with zero attached hydrogens (tertiary/aromatic N) is 4. The van der Waals surface area contributed by atoms with E-state index in [0.717, 1.165) is 49.3 Å². The fourth-order valence-corrected chi connectivity index (χ4v) is 3.24. The van der Waals surface area contributed by atoms with Crippen LogP contribution in [0.2, 0.25) is 0 Å². The van der Waals surface area contributed by atoms with Crippen LogP contribution in [-0.4, -0.2) is 46.9 Å². The van der Waals surface area contributed by atoms with Crippen LogP contribution in [0, 0.1) is 0 Å². The zero-order chi connectivity index (χ0) is 17.3. The molecule has 7 heteroatoms. The molecule has 0 unspecified atom stereocenters. The van der Waals surface area contributed by atoms with Gasteiger partial charge in [0.2, 0.25) is 0 Å². The molecule has 1 saturated carbocycles. The Morgan fingerprint density at radius 2 is 1.85 bits per heavy atom. The van der Waals surface area contributed by atoms with E-state index in [-0.39, 0.29) is 0 Å². The molecule has 0 bridgehead atoms. The molecule has 3 aromatic rings. The highest BCUT2D eigenvalue weighted by atomic mass is 16.5. The van der Waals surface area contributed by atoms with Crippen molar-refractivity contribution in [2.24, 2.45) is 0 Å². The van der Waals surface area contributed by atoms with Crippen molar-refractivity contribution in [1.29, 1.82) is 0 Å². The molecule has 3 heterocycles.